The monoisotopic (exact) mass is 339 g/mol. The highest BCUT2D eigenvalue weighted by Crippen LogP contribution is 2.19. The van der Waals surface area contributed by atoms with Gasteiger partial charge in [-0.25, -0.2) is 0 Å². The van der Waals surface area contributed by atoms with Crippen molar-refractivity contribution in [3.8, 4) is 0 Å². The van der Waals surface area contributed by atoms with Crippen molar-refractivity contribution in [3.05, 3.63) is 60.2 Å². The van der Waals surface area contributed by atoms with Crippen LogP contribution in [0, 0.1) is 0 Å². The summed E-state index contributed by atoms with van der Waals surface area (Å²) in [5.74, 6) is -0.0178. The van der Waals surface area contributed by atoms with Gasteiger partial charge in [0.05, 0.1) is 6.26 Å². The van der Waals surface area contributed by atoms with E-state index in [-0.39, 0.29) is 17.6 Å². The van der Waals surface area contributed by atoms with Crippen LogP contribution in [0.25, 0.3) is 10.9 Å². The molecule has 2 amide bonds. The van der Waals surface area contributed by atoms with Crippen LogP contribution in [0.2, 0.25) is 0 Å². The van der Waals surface area contributed by atoms with E-state index in [0.29, 0.717) is 19.5 Å². The molecule has 6 heteroatoms. The minimum atomic E-state index is -0.279. The first-order valence-electron chi connectivity index (χ1n) is 8.37. The molecule has 3 rings (SSSR count). The van der Waals surface area contributed by atoms with Crippen molar-refractivity contribution in [1.29, 1.82) is 0 Å². The molecule has 0 spiro atoms. The molecular weight excluding hydrogens is 318 g/mol. The standard InChI is InChI=1S/C19H21N3O3/c23-18(20-10-11-21-19(24)17-8-4-12-25-17)9-3-5-14-13-22-16-7-2-1-6-15(14)16/h1-2,4,6-8,12-13,22H,3,5,9-11H2,(H,20,23)(H,21,24). The van der Waals surface area contributed by atoms with Crippen LogP contribution < -0.4 is 10.6 Å². The summed E-state index contributed by atoms with van der Waals surface area (Å²) in [7, 11) is 0. The number of aryl methyl sites for hydroxylation is 1. The SMILES string of the molecule is O=C(CCCc1c[nH]c2ccccc12)NCCNC(=O)c1ccco1. The van der Waals surface area contributed by atoms with Crippen molar-refractivity contribution in [2.24, 2.45) is 0 Å². The molecule has 130 valence electrons. The van der Waals surface area contributed by atoms with Crippen LogP contribution in [0.1, 0.15) is 29.0 Å². The minimum absolute atomic E-state index is 0.00733. The van der Waals surface area contributed by atoms with Gasteiger partial charge in [-0.1, -0.05) is 18.2 Å². The second kappa shape index (κ2) is 8.19. The zero-order chi connectivity index (χ0) is 17.5. The predicted molar refractivity (Wildman–Crippen MR) is 95.3 cm³/mol. The first-order valence-corrected chi connectivity index (χ1v) is 8.37. The van der Waals surface area contributed by atoms with E-state index < -0.39 is 0 Å². The maximum absolute atomic E-state index is 11.9. The summed E-state index contributed by atoms with van der Waals surface area (Å²) in [4.78, 5) is 26.7. The van der Waals surface area contributed by atoms with E-state index in [0.717, 1.165) is 18.4 Å². The van der Waals surface area contributed by atoms with Crippen molar-refractivity contribution < 1.29 is 14.0 Å². The Morgan fingerprint density at radius 1 is 1.04 bits per heavy atom. The van der Waals surface area contributed by atoms with Crippen LogP contribution in [0.3, 0.4) is 0 Å². The van der Waals surface area contributed by atoms with E-state index in [2.05, 4.69) is 21.7 Å². The summed E-state index contributed by atoms with van der Waals surface area (Å²) in [6, 6.07) is 11.4. The summed E-state index contributed by atoms with van der Waals surface area (Å²) in [6.45, 7) is 0.770. The number of aromatic nitrogens is 1. The number of nitrogens with one attached hydrogen (secondary N) is 3. The van der Waals surface area contributed by atoms with E-state index >= 15 is 0 Å². The third-order valence-electron chi connectivity index (χ3n) is 4.00. The Morgan fingerprint density at radius 3 is 2.72 bits per heavy atom. The number of fused-ring (bicyclic) bond motifs is 1. The first-order chi connectivity index (χ1) is 12.2. The molecule has 6 nitrogen and oxygen atoms in total. The summed E-state index contributed by atoms with van der Waals surface area (Å²) in [5, 5.41) is 6.71. The van der Waals surface area contributed by atoms with E-state index in [1.54, 1.807) is 12.1 Å². The molecule has 0 atom stereocenters. The molecule has 25 heavy (non-hydrogen) atoms. The molecule has 0 radical (unpaired) electrons. The fraction of sp³-hybridized carbons (Fsp3) is 0.263. The average Bonchev–Trinajstić information content (AvgIpc) is 3.29. The number of rotatable bonds is 8. The van der Waals surface area contributed by atoms with Crippen LogP contribution in [0.15, 0.2) is 53.3 Å². The van der Waals surface area contributed by atoms with Crippen molar-refractivity contribution in [1.82, 2.24) is 15.6 Å². The Kier molecular flexibility index (Phi) is 5.51. The Bertz CT molecular complexity index is 837. The normalized spacial score (nSPS) is 10.7. The zero-order valence-corrected chi connectivity index (χ0v) is 13.9. The molecule has 0 aliphatic carbocycles. The van der Waals surface area contributed by atoms with Crippen molar-refractivity contribution in [2.45, 2.75) is 19.3 Å². The minimum Gasteiger partial charge on any atom is -0.459 e. The Hall–Kier alpha value is -3.02. The Balaban J connectivity index is 1.32. The van der Waals surface area contributed by atoms with Crippen LogP contribution in [0.5, 0.6) is 0 Å². The van der Waals surface area contributed by atoms with Gasteiger partial charge in [0.2, 0.25) is 5.91 Å². The number of carbonyl (C=O) groups is 2. The molecule has 2 heterocycles. The van der Waals surface area contributed by atoms with E-state index in [1.165, 1.54) is 17.2 Å². The lowest BCUT2D eigenvalue weighted by atomic mass is 10.1. The smallest absolute Gasteiger partial charge is 0.287 e. The second-order valence-corrected chi connectivity index (χ2v) is 5.80. The molecule has 1 aromatic carbocycles. The lowest BCUT2D eigenvalue weighted by molar-refractivity contribution is -0.121. The number of furan rings is 1. The summed E-state index contributed by atoms with van der Waals surface area (Å²) >= 11 is 0. The predicted octanol–water partition coefficient (Wildman–Crippen LogP) is 2.63. The summed E-state index contributed by atoms with van der Waals surface area (Å²) < 4.78 is 4.99. The molecule has 0 unspecified atom stereocenters. The second-order valence-electron chi connectivity index (χ2n) is 5.80. The lowest BCUT2D eigenvalue weighted by Gasteiger charge is -2.06. The Labute approximate surface area is 145 Å². The van der Waals surface area contributed by atoms with Crippen molar-refractivity contribution in [3.63, 3.8) is 0 Å². The number of amides is 2. The first kappa shape index (κ1) is 16.8. The highest BCUT2D eigenvalue weighted by molar-refractivity contribution is 5.91. The van der Waals surface area contributed by atoms with Gasteiger partial charge in [-0.2, -0.15) is 0 Å². The number of H-pyrrole nitrogens is 1. The molecule has 3 N–H and O–H groups in total. The van der Waals surface area contributed by atoms with Gasteiger partial charge < -0.3 is 20.0 Å². The van der Waals surface area contributed by atoms with Crippen LogP contribution >= 0.6 is 0 Å². The highest BCUT2D eigenvalue weighted by atomic mass is 16.3. The fourth-order valence-corrected chi connectivity index (χ4v) is 2.74. The number of hydrogen-bond donors (Lipinski definition) is 3. The molecule has 2 aromatic heterocycles. The quantitative estimate of drug-likeness (QED) is 0.551. The Morgan fingerprint density at radius 2 is 1.88 bits per heavy atom. The molecule has 0 aliphatic heterocycles. The lowest BCUT2D eigenvalue weighted by Crippen LogP contribution is -2.34. The van der Waals surface area contributed by atoms with Gasteiger partial charge in [0.15, 0.2) is 5.76 Å². The number of para-hydroxylation sites is 1. The third kappa shape index (κ3) is 4.50. The van der Waals surface area contributed by atoms with Crippen LogP contribution in [-0.2, 0) is 11.2 Å². The summed E-state index contributed by atoms with van der Waals surface area (Å²) in [6.07, 6.45) is 5.56. The largest absolute Gasteiger partial charge is 0.459 e. The molecule has 0 bridgehead atoms. The third-order valence-corrected chi connectivity index (χ3v) is 4.00. The van der Waals surface area contributed by atoms with Crippen LogP contribution in [-0.4, -0.2) is 29.9 Å². The highest BCUT2D eigenvalue weighted by Gasteiger charge is 2.08. The van der Waals surface area contributed by atoms with Gasteiger partial charge in [-0.15, -0.1) is 0 Å². The molecule has 3 aromatic rings. The number of carbonyl (C=O) groups excluding carboxylic acids is 2. The van der Waals surface area contributed by atoms with Gasteiger partial charge in [0.1, 0.15) is 0 Å². The topological polar surface area (TPSA) is 87.1 Å². The molecule has 0 aliphatic rings. The number of hydrogen-bond acceptors (Lipinski definition) is 3. The van der Waals surface area contributed by atoms with E-state index in [1.807, 2.05) is 24.4 Å². The summed E-state index contributed by atoms with van der Waals surface area (Å²) in [5.41, 5.74) is 2.35. The van der Waals surface area contributed by atoms with E-state index in [9.17, 15) is 9.59 Å². The van der Waals surface area contributed by atoms with Crippen molar-refractivity contribution >= 4 is 22.7 Å². The molecular formula is C19H21N3O3. The zero-order valence-electron chi connectivity index (χ0n) is 13.9. The van der Waals surface area contributed by atoms with Crippen LogP contribution in [0.4, 0.5) is 0 Å². The number of benzene rings is 1. The number of aromatic amines is 1. The van der Waals surface area contributed by atoms with E-state index in [4.69, 9.17) is 4.42 Å². The molecule has 0 saturated heterocycles. The maximum atomic E-state index is 11.9. The average molecular weight is 339 g/mol. The fourth-order valence-electron chi connectivity index (χ4n) is 2.74. The van der Waals surface area contributed by atoms with Gasteiger partial charge in [0.25, 0.3) is 5.91 Å². The van der Waals surface area contributed by atoms with Gasteiger partial charge in [-0.3, -0.25) is 9.59 Å². The maximum Gasteiger partial charge on any atom is 0.287 e. The molecule has 0 fully saturated rings. The molecule has 0 saturated carbocycles. The van der Waals surface area contributed by atoms with Gasteiger partial charge >= 0.3 is 0 Å². The van der Waals surface area contributed by atoms with Crippen molar-refractivity contribution in [2.75, 3.05) is 13.1 Å². The van der Waals surface area contributed by atoms with Gasteiger partial charge in [0, 0.05) is 36.6 Å². The van der Waals surface area contributed by atoms with Gasteiger partial charge in [-0.05, 0) is 36.6 Å².